The summed E-state index contributed by atoms with van der Waals surface area (Å²) in [4.78, 5) is 0. The van der Waals surface area contributed by atoms with E-state index in [4.69, 9.17) is 11.5 Å². The SMILES string of the molecule is Cc1cc(C(F)(C(F)(F)F)C(F)(F)F)cc(C)c1N.Nc1ccccc1. The molecule has 0 saturated carbocycles. The predicted molar refractivity (Wildman–Crippen MR) is 86.1 cm³/mol. The van der Waals surface area contributed by atoms with Crippen LogP contribution in [0.25, 0.3) is 0 Å². The number of hydrogen-bond donors (Lipinski definition) is 2. The fraction of sp³-hybridized carbons (Fsp3) is 0.294. The van der Waals surface area contributed by atoms with Gasteiger partial charge in [-0.05, 0) is 37.1 Å². The molecule has 0 atom stereocenters. The van der Waals surface area contributed by atoms with Crippen molar-refractivity contribution < 1.29 is 30.7 Å². The van der Waals surface area contributed by atoms with Crippen molar-refractivity contribution in [2.24, 2.45) is 0 Å². The molecular formula is C17H17F7N2. The van der Waals surface area contributed by atoms with Crippen LogP contribution in [0.15, 0.2) is 42.5 Å². The molecule has 0 aliphatic rings. The van der Waals surface area contributed by atoms with Crippen molar-refractivity contribution in [3.8, 4) is 0 Å². The Morgan fingerprint density at radius 1 is 0.692 bits per heavy atom. The largest absolute Gasteiger partial charge is 0.435 e. The first-order valence-corrected chi connectivity index (χ1v) is 7.22. The van der Waals surface area contributed by atoms with Gasteiger partial charge in [0.2, 0.25) is 0 Å². The molecule has 2 nitrogen and oxygen atoms in total. The number of benzene rings is 2. The maximum atomic E-state index is 13.7. The summed E-state index contributed by atoms with van der Waals surface area (Å²) in [6, 6.07) is 10.4. The second kappa shape index (κ2) is 7.43. The van der Waals surface area contributed by atoms with Crippen molar-refractivity contribution >= 4 is 11.4 Å². The van der Waals surface area contributed by atoms with E-state index in [1.165, 1.54) is 13.8 Å². The van der Waals surface area contributed by atoms with Crippen molar-refractivity contribution in [3.05, 3.63) is 59.2 Å². The Morgan fingerprint density at radius 3 is 1.35 bits per heavy atom. The number of alkyl halides is 7. The zero-order chi connectivity index (χ0) is 20.3. The molecule has 0 bridgehead atoms. The maximum Gasteiger partial charge on any atom is 0.435 e. The summed E-state index contributed by atoms with van der Waals surface area (Å²) in [7, 11) is 0. The molecule has 0 fully saturated rings. The third kappa shape index (κ3) is 4.39. The van der Waals surface area contributed by atoms with Crippen molar-refractivity contribution in [3.63, 3.8) is 0 Å². The highest BCUT2D eigenvalue weighted by atomic mass is 19.4. The van der Waals surface area contributed by atoms with Crippen molar-refractivity contribution in [1.82, 2.24) is 0 Å². The summed E-state index contributed by atoms with van der Waals surface area (Å²) in [5.41, 5.74) is 4.60. The van der Waals surface area contributed by atoms with Crippen LogP contribution in [-0.2, 0) is 5.67 Å². The summed E-state index contributed by atoms with van der Waals surface area (Å²) in [6.07, 6.45) is -12.2. The van der Waals surface area contributed by atoms with Crippen molar-refractivity contribution in [1.29, 1.82) is 0 Å². The third-order valence-corrected chi connectivity index (χ3v) is 3.57. The van der Waals surface area contributed by atoms with Gasteiger partial charge in [0.1, 0.15) is 0 Å². The van der Waals surface area contributed by atoms with Crippen LogP contribution in [0, 0.1) is 13.8 Å². The Balaban J connectivity index is 0.000000401. The van der Waals surface area contributed by atoms with E-state index in [2.05, 4.69) is 0 Å². The molecule has 2 aromatic rings. The normalized spacial score (nSPS) is 12.3. The van der Waals surface area contributed by atoms with Crippen LogP contribution in [0.5, 0.6) is 0 Å². The highest BCUT2D eigenvalue weighted by Crippen LogP contribution is 2.53. The van der Waals surface area contributed by atoms with Crippen LogP contribution in [0.4, 0.5) is 42.1 Å². The molecule has 0 aliphatic heterocycles. The van der Waals surface area contributed by atoms with Crippen molar-refractivity contribution in [2.45, 2.75) is 31.9 Å². The van der Waals surface area contributed by atoms with E-state index in [0.717, 1.165) is 5.69 Å². The van der Waals surface area contributed by atoms with Gasteiger partial charge in [0.25, 0.3) is 0 Å². The number of anilines is 2. The van der Waals surface area contributed by atoms with E-state index in [1.807, 2.05) is 30.3 Å². The number of hydrogen-bond acceptors (Lipinski definition) is 2. The second-order valence-corrected chi connectivity index (χ2v) is 5.59. The summed E-state index contributed by atoms with van der Waals surface area (Å²) < 4.78 is 88.9. The zero-order valence-electron chi connectivity index (χ0n) is 13.8. The van der Waals surface area contributed by atoms with Crippen LogP contribution in [0.2, 0.25) is 0 Å². The molecule has 0 saturated heterocycles. The molecule has 0 amide bonds. The van der Waals surface area contributed by atoms with Gasteiger partial charge < -0.3 is 11.5 Å². The van der Waals surface area contributed by atoms with E-state index < -0.39 is 23.6 Å². The Hall–Kier alpha value is -2.45. The Kier molecular flexibility index (Phi) is 6.17. The molecule has 2 aromatic carbocycles. The molecule has 0 unspecified atom stereocenters. The van der Waals surface area contributed by atoms with E-state index >= 15 is 0 Å². The highest BCUT2D eigenvalue weighted by Gasteiger charge is 2.73. The Morgan fingerprint density at radius 2 is 1.08 bits per heavy atom. The van der Waals surface area contributed by atoms with Crippen LogP contribution in [0.3, 0.4) is 0 Å². The Labute approximate surface area is 145 Å². The standard InChI is InChI=1S/C11H10F7N.C6H7N/c1-5-3-7(4-6(2)8(5)19)9(12,10(13,14)15)11(16,17)18;7-6-4-2-1-3-5-6/h3-4H,19H2,1-2H3;1-5H,7H2. The maximum absolute atomic E-state index is 13.7. The van der Waals surface area contributed by atoms with Gasteiger partial charge in [-0.3, -0.25) is 0 Å². The van der Waals surface area contributed by atoms with Gasteiger partial charge in [0.05, 0.1) is 0 Å². The lowest BCUT2D eigenvalue weighted by molar-refractivity contribution is -0.348. The monoisotopic (exact) mass is 382 g/mol. The molecule has 2 rings (SSSR count). The Bertz CT molecular complexity index is 700. The smallest absolute Gasteiger partial charge is 0.399 e. The van der Waals surface area contributed by atoms with Gasteiger partial charge >= 0.3 is 18.0 Å². The quantitative estimate of drug-likeness (QED) is 0.509. The van der Waals surface area contributed by atoms with E-state index in [-0.39, 0.29) is 16.8 Å². The number of nitrogens with two attached hydrogens (primary N) is 2. The number of rotatable bonds is 1. The van der Waals surface area contributed by atoms with Gasteiger partial charge in [-0.2, -0.15) is 26.3 Å². The average molecular weight is 382 g/mol. The predicted octanol–water partition coefficient (Wildman–Crippen LogP) is 5.44. The fourth-order valence-corrected chi connectivity index (χ4v) is 2.11. The molecule has 0 aliphatic carbocycles. The van der Waals surface area contributed by atoms with Gasteiger partial charge in [-0.25, -0.2) is 4.39 Å². The molecule has 26 heavy (non-hydrogen) atoms. The molecule has 0 aromatic heterocycles. The van der Waals surface area contributed by atoms with E-state index in [1.54, 1.807) is 0 Å². The number of aryl methyl sites for hydroxylation is 2. The van der Waals surface area contributed by atoms with Crippen LogP contribution >= 0.6 is 0 Å². The lowest BCUT2D eigenvalue weighted by atomic mass is 9.90. The fourth-order valence-electron chi connectivity index (χ4n) is 2.11. The van der Waals surface area contributed by atoms with Gasteiger partial charge in [-0.15, -0.1) is 0 Å². The third-order valence-electron chi connectivity index (χ3n) is 3.57. The lowest BCUT2D eigenvalue weighted by Crippen LogP contribution is -2.50. The first-order valence-electron chi connectivity index (χ1n) is 7.22. The second-order valence-electron chi connectivity index (χ2n) is 5.59. The van der Waals surface area contributed by atoms with Crippen LogP contribution in [-0.4, -0.2) is 12.4 Å². The first-order chi connectivity index (χ1) is 11.7. The zero-order valence-corrected chi connectivity index (χ0v) is 13.8. The van der Waals surface area contributed by atoms with Gasteiger partial charge in [-0.1, -0.05) is 30.3 Å². The molecule has 4 N–H and O–H groups in total. The van der Waals surface area contributed by atoms with Crippen LogP contribution in [0.1, 0.15) is 16.7 Å². The van der Waals surface area contributed by atoms with Crippen LogP contribution < -0.4 is 11.5 Å². The van der Waals surface area contributed by atoms with Gasteiger partial charge in [0, 0.05) is 16.9 Å². The minimum Gasteiger partial charge on any atom is -0.399 e. The summed E-state index contributed by atoms with van der Waals surface area (Å²) in [6.45, 7) is 2.41. The summed E-state index contributed by atoms with van der Waals surface area (Å²) in [5, 5.41) is 0. The molecule has 9 heteroatoms. The minimum atomic E-state index is -6.11. The minimum absolute atomic E-state index is 0.0236. The number of halogens is 7. The van der Waals surface area contributed by atoms with E-state index in [9.17, 15) is 30.7 Å². The molecule has 144 valence electrons. The number of para-hydroxylation sites is 1. The molecular weight excluding hydrogens is 365 g/mol. The van der Waals surface area contributed by atoms with E-state index in [0.29, 0.717) is 12.1 Å². The molecule has 0 radical (unpaired) electrons. The van der Waals surface area contributed by atoms with Gasteiger partial charge in [0.15, 0.2) is 0 Å². The number of nitrogen functional groups attached to an aromatic ring is 2. The topological polar surface area (TPSA) is 52.0 Å². The first kappa shape index (κ1) is 21.6. The summed E-state index contributed by atoms with van der Waals surface area (Å²) >= 11 is 0. The lowest BCUT2D eigenvalue weighted by Gasteiger charge is -2.31. The highest BCUT2D eigenvalue weighted by molar-refractivity contribution is 5.55. The molecule has 0 spiro atoms. The summed E-state index contributed by atoms with van der Waals surface area (Å²) in [5.74, 6) is 0. The molecule has 0 heterocycles. The average Bonchev–Trinajstić information content (AvgIpc) is 2.50. The van der Waals surface area contributed by atoms with Crippen molar-refractivity contribution in [2.75, 3.05) is 11.5 Å².